The minimum atomic E-state index is 0.781. The van der Waals surface area contributed by atoms with Gasteiger partial charge in [0.1, 0.15) is 0 Å². The molecule has 1 rings (SSSR count). The molecule has 1 heteroatoms. The first-order valence-corrected chi connectivity index (χ1v) is 8.53. The zero-order valence-electron chi connectivity index (χ0n) is 13.0. The Balaban J connectivity index is 2.39. The van der Waals surface area contributed by atoms with Gasteiger partial charge in [-0.25, -0.2) is 0 Å². The molecule has 0 aromatic carbocycles. The summed E-state index contributed by atoms with van der Waals surface area (Å²) in [6.45, 7) is 8.09. The molecule has 0 spiro atoms. The molecule has 1 nitrogen and oxygen atoms in total. The van der Waals surface area contributed by atoms with Crippen LogP contribution in [0.5, 0.6) is 0 Å². The molecule has 1 atom stereocenters. The van der Waals surface area contributed by atoms with Crippen molar-refractivity contribution in [1.82, 2.24) is 5.32 Å². The fourth-order valence-electron chi connectivity index (χ4n) is 3.58. The molecule has 0 bridgehead atoms. The number of nitrogens with one attached hydrogen (secondary N) is 1. The van der Waals surface area contributed by atoms with Gasteiger partial charge in [-0.1, -0.05) is 72.1 Å². The van der Waals surface area contributed by atoms with Crippen LogP contribution >= 0.6 is 0 Å². The first kappa shape index (κ1) is 16.0. The van der Waals surface area contributed by atoms with Gasteiger partial charge in [-0.15, -0.1) is 0 Å². The molecule has 0 saturated heterocycles. The Hall–Kier alpha value is -0.0400. The molecular formula is C17H35N. The monoisotopic (exact) mass is 253 g/mol. The predicted octanol–water partition coefficient (Wildman–Crippen LogP) is 5.15. The van der Waals surface area contributed by atoms with Crippen LogP contribution in [0, 0.1) is 11.8 Å². The van der Waals surface area contributed by atoms with E-state index >= 15 is 0 Å². The fourth-order valence-corrected chi connectivity index (χ4v) is 3.58. The summed E-state index contributed by atoms with van der Waals surface area (Å²) >= 11 is 0. The van der Waals surface area contributed by atoms with Crippen molar-refractivity contribution in [3.8, 4) is 0 Å². The summed E-state index contributed by atoms with van der Waals surface area (Å²) in [6, 6.07) is 0.781. The van der Waals surface area contributed by atoms with Crippen molar-refractivity contribution in [1.29, 1.82) is 0 Å². The molecule has 1 N–H and O–H groups in total. The molecule has 0 heterocycles. The zero-order valence-corrected chi connectivity index (χ0v) is 13.0. The molecule has 0 amide bonds. The number of hydrogen-bond donors (Lipinski definition) is 1. The van der Waals surface area contributed by atoms with E-state index in [4.69, 9.17) is 0 Å². The van der Waals surface area contributed by atoms with Crippen molar-refractivity contribution in [3.63, 3.8) is 0 Å². The van der Waals surface area contributed by atoms with Gasteiger partial charge in [0, 0.05) is 6.04 Å². The van der Waals surface area contributed by atoms with Gasteiger partial charge in [0.15, 0.2) is 0 Å². The summed E-state index contributed by atoms with van der Waals surface area (Å²) in [6.07, 6.45) is 14.4. The molecule has 1 aliphatic rings. The molecule has 1 aliphatic carbocycles. The average molecular weight is 253 g/mol. The van der Waals surface area contributed by atoms with Crippen molar-refractivity contribution < 1.29 is 0 Å². The van der Waals surface area contributed by atoms with Crippen molar-refractivity contribution in [2.24, 2.45) is 11.8 Å². The van der Waals surface area contributed by atoms with Crippen molar-refractivity contribution in [2.75, 3.05) is 6.54 Å². The summed E-state index contributed by atoms with van der Waals surface area (Å²) in [5.41, 5.74) is 0. The lowest BCUT2D eigenvalue weighted by Gasteiger charge is -2.26. The minimum Gasteiger partial charge on any atom is -0.314 e. The molecule has 0 radical (unpaired) electrons. The summed E-state index contributed by atoms with van der Waals surface area (Å²) in [5, 5.41) is 3.75. The maximum absolute atomic E-state index is 3.75. The Morgan fingerprint density at radius 2 is 1.56 bits per heavy atom. The van der Waals surface area contributed by atoms with E-state index in [1.165, 1.54) is 64.2 Å². The largest absolute Gasteiger partial charge is 0.314 e. The van der Waals surface area contributed by atoms with Gasteiger partial charge in [-0.3, -0.25) is 0 Å². The highest BCUT2D eigenvalue weighted by Crippen LogP contribution is 2.28. The molecule has 1 saturated carbocycles. The Bertz CT molecular complexity index is 178. The van der Waals surface area contributed by atoms with Gasteiger partial charge < -0.3 is 5.32 Å². The van der Waals surface area contributed by atoms with Crippen LogP contribution in [0.15, 0.2) is 0 Å². The first-order chi connectivity index (χ1) is 8.80. The SMILES string of the molecule is CCNC(CC(CC)CC)CC1CCCCCC1. The summed E-state index contributed by atoms with van der Waals surface area (Å²) in [7, 11) is 0. The van der Waals surface area contributed by atoms with Crippen molar-refractivity contribution >= 4 is 0 Å². The Morgan fingerprint density at radius 3 is 2.06 bits per heavy atom. The van der Waals surface area contributed by atoms with Crippen LogP contribution in [-0.2, 0) is 0 Å². The molecule has 0 aliphatic heterocycles. The Morgan fingerprint density at radius 1 is 0.944 bits per heavy atom. The van der Waals surface area contributed by atoms with E-state index in [2.05, 4.69) is 26.1 Å². The summed E-state index contributed by atoms with van der Waals surface area (Å²) in [4.78, 5) is 0. The lowest BCUT2D eigenvalue weighted by atomic mass is 9.86. The standard InChI is InChI=1S/C17H35N/c1-4-15(5-2)13-17(18-6-3)14-16-11-9-7-8-10-12-16/h15-18H,4-14H2,1-3H3. The van der Waals surface area contributed by atoms with Crippen molar-refractivity contribution in [3.05, 3.63) is 0 Å². The van der Waals surface area contributed by atoms with Crippen LogP contribution in [0.3, 0.4) is 0 Å². The highest BCUT2D eigenvalue weighted by atomic mass is 14.9. The van der Waals surface area contributed by atoms with E-state index in [0.717, 1.165) is 24.4 Å². The van der Waals surface area contributed by atoms with E-state index in [-0.39, 0.29) is 0 Å². The molecular weight excluding hydrogens is 218 g/mol. The average Bonchev–Trinajstić information content (AvgIpc) is 2.64. The second-order valence-corrected chi connectivity index (χ2v) is 6.27. The Labute approximate surface area is 115 Å². The first-order valence-electron chi connectivity index (χ1n) is 8.53. The summed E-state index contributed by atoms with van der Waals surface area (Å²) < 4.78 is 0. The lowest BCUT2D eigenvalue weighted by molar-refractivity contribution is 0.299. The van der Waals surface area contributed by atoms with Gasteiger partial charge in [0.25, 0.3) is 0 Å². The van der Waals surface area contributed by atoms with Crippen LogP contribution in [0.25, 0.3) is 0 Å². The highest BCUT2D eigenvalue weighted by Gasteiger charge is 2.19. The van der Waals surface area contributed by atoms with Gasteiger partial charge in [0.05, 0.1) is 0 Å². The molecule has 1 unspecified atom stereocenters. The third-order valence-electron chi connectivity index (χ3n) is 4.86. The van der Waals surface area contributed by atoms with Crippen LogP contribution in [-0.4, -0.2) is 12.6 Å². The highest BCUT2D eigenvalue weighted by molar-refractivity contribution is 4.76. The van der Waals surface area contributed by atoms with Gasteiger partial charge in [-0.2, -0.15) is 0 Å². The smallest absolute Gasteiger partial charge is 0.00722 e. The van der Waals surface area contributed by atoms with Crippen molar-refractivity contribution in [2.45, 2.75) is 91.0 Å². The summed E-state index contributed by atoms with van der Waals surface area (Å²) in [5.74, 6) is 1.94. The second-order valence-electron chi connectivity index (χ2n) is 6.27. The normalized spacial score (nSPS) is 20.0. The third kappa shape index (κ3) is 6.22. The maximum atomic E-state index is 3.75. The van der Waals surface area contributed by atoms with Crippen LogP contribution in [0.1, 0.15) is 85.0 Å². The molecule has 0 aromatic rings. The molecule has 108 valence electrons. The molecule has 0 aromatic heterocycles. The van der Waals surface area contributed by atoms with Gasteiger partial charge >= 0.3 is 0 Å². The van der Waals surface area contributed by atoms with E-state index < -0.39 is 0 Å². The van der Waals surface area contributed by atoms with Gasteiger partial charge in [-0.05, 0) is 31.2 Å². The quantitative estimate of drug-likeness (QED) is 0.590. The van der Waals surface area contributed by atoms with E-state index in [0.29, 0.717) is 0 Å². The minimum absolute atomic E-state index is 0.781. The van der Waals surface area contributed by atoms with E-state index in [9.17, 15) is 0 Å². The zero-order chi connectivity index (χ0) is 13.2. The topological polar surface area (TPSA) is 12.0 Å². The second kappa shape index (κ2) is 9.83. The fraction of sp³-hybridized carbons (Fsp3) is 1.00. The van der Waals surface area contributed by atoms with Crippen LogP contribution < -0.4 is 5.32 Å². The maximum Gasteiger partial charge on any atom is 0.00722 e. The number of hydrogen-bond acceptors (Lipinski definition) is 1. The van der Waals surface area contributed by atoms with Crippen LogP contribution in [0.4, 0.5) is 0 Å². The Kier molecular flexibility index (Phi) is 8.75. The molecule has 18 heavy (non-hydrogen) atoms. The van der Waals surface area contributed by atoms with E-state index in [1.54, 1.807) is 0 Å². The lowest BCUT2D eigenvalue weighted by Crippen LogP contribution is -2.33. The van der Waals surface area contributed by atoms with Gasteiger partial charge in [0.2, 0.25) is 0 Å². The predicted molar refractivity (Wildman–Crippen MR) is 82.0 cm³/mol. The van der Waals surface area contributed by atoms with E-state index in [1.807, 2.05) is 0 Å². The number of rotatable bonds is 8. The third-order valence-corrected chi connectivity index (χ3v) is 4.86. The van der Waals surface area contributed by atoms with Crippen LogP contribution in [0.2, 0.25) is 0 Å². The molecule has 1 fully saturated rings.